The van der Waals surface area contributed by atoms with Gasteiger partial charge in [0, 0.05) is 10.9 Å². The number of aliphatic hydroxyl groups excluding tert-OH is 2. The Morgan fingerprint density at radius 1 is 1.62 bits per heavy atom. The molecule has 4 nitrogen and oxygen atoms in total. The number of ether oxygens (including phenoxy) is 1. The fourth-order valence-electron chi connectivity index (χ4n) is 1.29. The molecule has 0 aliphatic carbocycles. The van der Waals surface area contributed by atoms with Crippen LogP contribution in [0.5, 0.6) is 0 Å². The fraction of sp³-hybridized carbons (Fsp3) is 0.500. The average molecular weight is 309 g/mol. The van der Waals surface area contributed by atoms with E-state index in [2.05, 4.69) is 20.7 Å². The molecule has 6 heteroatoms. The van der Waals surface area contributed by atoms with Gasteiger partial charge in [0.1, 0.15) is 11.0 Å². The van der Waals surface area contributed by atoms with Crippen molar-refractivity contribution >= 4 is 33.2 Å². The van der Waals surface area contributed by atoms with Crippen molar-refractivity contribution in [3.05, 3.63) is 21.9 Å². The van der Waals surface area contributed by atoms with E-state index in [1.165, 1.54) is 18.4 Å². The van der Waals surface area contributed by atoms with Crippen LogP contribution >= 0.6 is 27.3 Å². The molecule has 1 aromatic heterocycles. The van der Waals surface area contributed by atoms with Crippen LogP contribution in [0.25, 0.3) is 0 Å². The van der Waals surface area contributed by atoms with Gasteiger partial charge in [-0.3, -0.25) is 0 Å². The number of methoxy groups -OCH3 is 1. The van der Waals surface area contributed by atoms with Crippen LogP contribution in [0.4, 0.5) is 0 Å². The summed E-state index contributed by atoms with van der Waals surface area (Å²) in [6.45, 7) is 0. The zero-order valence-electron chi connectivity index (χ0n) is 8.72. The number of halogens is 1. The standard InChI is InChI=1S/C10H13BrO4S/c1-15-10(14)9-6(3-5-16-9)8(13)7(12)2-4-11/h3,5,7-8,12-13H,2,4H2,1H3. The molecule has 1 rings (SSSR count). The molecule has 2 atom stereocenters. The average Bonchev–Trinajstić information content (AvgIpc) is 2.76. The number of thiophene rings is 1. The van der Waals surface area contributed by atoms with E-state index in [0.717, 1.165) is 0 Å². The van der Waals surface area contributed by atoms with Crippen LogP contribution in [0.3, 0.4) is 0 Å². The van der Waals surface area contributed by atoms with Crippen LogP contribution in [-0.2, 0) is 4.74 Å². The van der Waals surface area contributed by atoms with Crippen molar-refractivity contribution in [1.29, 1.82) is 0 Å². The molecule has 0 aliphatic rings. The van der Waals surface area contributed by atoms with Crippen LogP contribution in [0.15, 0.2) is 11.4 Å². The molecule has 0 saturated heterocycles. The maximum atomic E-state index is 11.4. The molecule has 0 aromatic carbocycles. The van der Waals surface area contributed by atoms with Gasteiger partial charge in [-0.05, 0) is 17.9 Å². The number of carbonyl (C=O) groups excluding carboxylic acids is 1. The summed E-state index contributed by atoms with van der Waals surface area (Å²) >= 11 is 4.37. The summed E-state index contributed by atoms with van der Waals surface area (Å²) in [5, 5.41) is 21.8. The van der Waals surface area contributed by atoms with Crippen molar-refractivity contribution in [1.82, 2.24) is 0 Å². The number of aliphatic hydroxyl groups is 2. The number of alkyl halides is 1. The Labute approximate surface area is 106 Å². The van der Waals surface area contributed by atoms with E-state index >= 15 is 0 Å². The Morgan fingerprint density at radius 2 is 2.31 bits per heavy atom. The van der Waals surface area contributed by atoms with Gasteiger partial charge in [0.05, 0.1) is 13.2 Å². The molecular formula is C10H13BrO4S. The third-order valence-corrected chi connectivity index (χ3v) is 3.52. The van der Waals surface area contributed by atoms with Gasteiger partial charge in [-0.1, -0.05) is 15.9 Å². The van der Waals surface area contributed by atoms with E-state index in [-0.39, 0.29) is 0 Å². The Balaban J connectivity index is 2.87. The van der Waals surface area contributed by atoms with Crippen LogP contribution in [-0.4, -0.2) is 34.7 Å². The molecule has 1 heterocycles. The number of carbonyl (C=O) groups is 1. The third-order valence-electron chi connectivity index (χ3n) is 2.15. The summed E-state index contributed by atoms with van der Waals surface area (Å²) < 4.78 is 4.59. The highest BCUT2D eigenvalue weighted by Crippen LogP contribution is 2.27. The predicted octanol–water partition coefficient (Wildman–Crippen LogP) is 1.71. The maximum Gasteiger partial charge on any atom is 0.348 e. The summed E-state index contributed by atoms with van der Waals surface area (Å²) in [7, 11) is 1.28. The number of rotatable bonds is 5. The SMILES string of the molecule is COC(=O)c1sccc1C(O)C(O)CCBr. The topological polar surface area (TPSA) is 66.8 Å². The quantitative estimate of drug-likeness (QED) is 0.642. The van der Waals surface area contributed by atoms with Crippen molar-refractivity contribution in [3.63, 3.8) is 0 Å². The second-order valence-corrected chi connectivity index (χ2v) is 4.90. The highest BCUT2D eigenvalue weighted by molar-refractivity contribution is 9.09. The lowest BCUT2D eigenvalue weighted by Gasteiger charge is -2.16. The second kappa shape index (κ2) is 6.34. The molecule has 16 heavy (non-hydrogen) atoms. The van der Waals surface area contributed by atoms with Crippen LogP contribution in [0.1, 0.15) is 27.8 Å². The minimum absolute atomic E-state index is 0.337. The maximum absolute atomic E-state index is 11.4. The first-order valence-electron chi connectivity index (χ1n) is 4.69. The Hall–Kier alpha value is -0.430. The normalized spacial score (nSPS) is 14.5. The fourth-order valence-corrected chi connectivity index (χ4v) is 2.61. The molecule has 0 spiro atoms. The minimum atomic E-state index is -1.06. The van der Waals surface area contributed by atoms with E-state index in [1.807, 2.05) is 0 Å². The van der Waals surface area contributed by atoms with Gasteiger partial charge >= 0.3 is 5.97 Å². The second-order valence-electron chi connectivity index (χ2n) is 3.19. The summed E-state index contributed by atoms with van der Waals surface area (Å²) in [6, 6.07) is 1.62. The van der Waals surface area contributed by atoms with Crippen molar-refractivity contribution in [2.75, 3.05) is 12.4 Å². The molecule has 0 radical (unpaired) electrons. The van der Waals surface area contributed by atoms with Crippen molar-refractivity contribution < 1.29 is 19.7 Å². The Kier molecular flexibility index (Phi) is 5.40. The molecule has 0 amide bonds. The van der Waals surface area contributed by atoms with E-state index in [1.54, 1.807) is 11.4 Å². The predicted molar refractivity (Wildman–Crippen MR) is 65.0 cm³/mol. The zero-order chi connectivity index (χ0) is 12.1. The zero-order valence-corrected chi connectivity index (χ0v) is 11.1. The highest BCUT2D eigenvalue weighted by Gasteiger charge is 2.24. The lowest BCUT2D eigenvalue weighted by Crippen LogP contribution is -2.20. The van der Waals surface area contributed by atoms with Gasteiger partial charge < -0.3 is 14.9 Å². The van der Waals surface area contributed by atoms with Gasteiger partial charge in [-0.15, -0.1) is 11.3 Å². The smallest absolute Gasteiger partial charge is 0.348 e. The van der Waals surface area contributed by atoms with E-state index in [4.69, 9.17) is 0 Å². The van der Waals surface area contributed by atoms with Gasteiger partial charge in [0.2, 0.25) is 0 Å². The van der Waals surface area contributed by atoms with Crippen molar-refractivity contribution in [2.24, 2.45) is 0 Å². The van der Waals surface area contributed by atoms with Gasteiger partial charge in [0.15, 0.2) is 0 Å². The van der Waals surface area contributed by atoms with E-state index < -0.39 is 18.2 Å². The highest BCUT2D eigenvalue weighted by atomic mass is 79.9. The van der Waals surface area contributed by atoms with E-state index in [9.17, 15) is 15.0 Å². The number of esters is 1. The van der Waals surface area contributed by atoms with Gasteiger partial charge in [0.25, 0.3) is 0 Å². The molecule has 0 bridgehead atoms. The molecule has 90 valence electrons. The summed E-state index contributed by atoms with van der Waals surface area (Å²) in [6.07, 6.45) is -1.53. The summed E-state index contributed by atoms with van der Waals surface area (Å²) in [5.74, 6) is -0.491. The third kappa shape index (κ3) is 3.04. The lowest BCUT2D eigenvalue weighted by molar-refractivity contribution is 0.0165. The summed E-state index contributed by atoms with van der Waals surface area (Å²) in [5.41, 5.74) is 0.422. The molecule has 0 aliphatic heterocycles. The first kappa shape index (κ1) is 13.6. The molecular weight excluding hydrogens is 296 g/mol. The molecule has 2 unspecified atom stereocenters. The molecule has 1 aromatic rings. The monoisotopic (exact) mass is 308 g/mol. The van der Waals surface area contributed by atoms with Crippen LogP contribution in [0.2, 0.25) is 0 Å². The first-order valence-corrected chi connectivity index (χ1v) is 6.69. The first-order chi connectivity index (χ1) is 7.61. The van der Waals surface area contributed by atoms with Crippen molar-refractivity contribution in [3.8, 4) is 0 Å². The minimum Gasteiger partial charge on any atom is -0.465 e. The number of hydrogen-bond donors (Lipinski definition) is 2. The Bertz CT molecular complexity index is 352. The van der Waals surface area contributed by atoms with Gasteiger partial charge in [-0.25, -0.2) is 4.79 Å². The van der Waals surface area contributed by atoms with Crippen molar-refractivity contribution in [2.45, 2.75) is 18.6 Å². The lowest BCUT2D eigenvalue weighted by atomic mass is 10.0. The number of hydrogen-bond acceptors (Lipinski definition) is 5. The molecule has 0 saturated carbocycles. The molecule has 2 N–H and O–H groups in total. The van der Waals surface area contributed by atoms with Crippen LogP contribution < -0.4 is 0 Å². The summed E-state index contributed by atoms with van der Waals surface area (Å²) in [4.78, 5) is 11.7. The largest absolute Gasteiger partial charge is 0.465 e. The van der Waals surface area contributed by atoms with E-state index in [0.29, 0.717) is 22.2 Å². The Morgan fingerprint density at radius 3 is 2.88 bits per heavy atom. The van der Waals surface area contributed by atoms with Gasteiger partial charge in [-0.2, -0.15) is 0 Å². The molecule has 0 fully saturated rings. The van der Waals surface area contributed by atoms with Crippen LogP contribution in [0, 0.1) is 0 Å².